The summed E-state index contributed by atoms with van der Waals surface area (Å²) in [7, 11) is 11.0. The summed E-state index contributed by atoms with van der Waals surface area (Å²) in [6, 6.07) is 40.9. The van der Waals surface area contributed by atoms with E-state index in [0.29, 0.717) is 5.92 Å². The topological polar surface area (TPSA) is 0 Å². The number of fused-ring (bicyclic) bond motifs is 2. The Hall–Kier alpha value is -2.22. The van der Waals surface area contributed by atoms with E-state index in [0.717, 1.165) is 15.4 Å². The molecule has 0 spiro atoms. The fraction of sp³-hybridized carbons (Fsp3) is 0.348. The van der Waals surface area contributed by atoms with Gasteiger partial charge in [-0.05, 0) is 52.3 Å². The van der Waals surface area contributed by atoms with Crippen molar-refractivity contribution in [3.05, 3.63) is 131 Å². The average Bonchev–Trinajstić information content (AvgIpc) is 3.72. The summed E-state index contributed by atoms with van der Waals surface area (Å²) in [6.45, 7) is 17.7. The maximum absolute atomic E-state index is 4.93. The van der Waals surface area contributed by atoms with Crippen LogP contribution in [0.4, 0.5) is 0 Å². The van der Waals surface area contributed by atoms with Gasteiger partial charge in [-0.1, -0.05) is 146 Å². The van der Waals surface area contributed by atoms with E-state index in [-0.39, 0.29) is 5.41 Å². The molecule has 1 aliphatic rings. The number of benzene rings is 4. The Morgan fingerprint density at radius 2 is 1.18 bits per heavy atom. The molecule has 260 valence electrons. The third kappa shape index (κ3) is 10.9. The van der Waals surface area contributed by atoms with Crippen LogP contribution in [-0.4, -0.2) is 9.52 Å². The quantitative estimate of drug-likeness (QED) is 0.123. The zero-order chi connectivity index (χ0) is 36.3. The van der Waals surface area contributed by atoms with Crippen LogP contribution in [0.2, 0.25) is 13.1 Å². The first-order valence-electron chi connectivity index (χ1n) is 18.1. The van der Waals surface area contributed by atoms with Gasteiger partial charge in [0.2, 0.25) is 0 Å². The van der Waals surface area contributed by atoms with Gasteiger partial charge in [-0.25, -0.2) is 0 Å². The van der Waals surface area contributed by atoms with Crippen LogP contribution < -0.4 is 0 Å². The van der Waals surface area contributed by atoms with Crippen molar-refractivity contribution >= 4 is 48.1 Å². The van der Waals surface area contributed by atoms with Gasteiger partial charge in [0.15, 0.2) is 0 Å². The van der Waals surface area contributed by atoms with Crippen LogP contribution >= 0.6 is 17.0 Å². The van der Waals surface area contributed by atoms with Crippen LogP contribution in [-0.2, 0) is 26.3 Å². The Morgan fingerprint density at radius 1 is 0.700 bits per heavy atom. The van der Waals surface area contributed by atoms with Gasteiger partial charge in [-0.15, -0.1) is 69.1 Å². The van der Waals surface area contributed by atoms with Crippen LogP contribution in [0.5, 0.6) is 0 Å². The Bertz CT molecular complexity index is 1880. The molecule has 4 heteroatoms. The number of hydrogen-bond acceptors (Lipinski definition) is 0. The number of rotatable bonds is 4. The molecule has 6 aromatic carbocycles. The standard InChI is InChI=1S/C24H27.C20H21.C2H6Si.2ClH.Zr/c1-17(2)18-11-13-20(14-12-18)23-10-6-9-21-15-22(16-24(21)23)19-7-4-3-5-8-19;1-14-12-16-6-5-7-18(19(16)13-14)15-8-10-17(11-9-15)20(2,3)4;1-3-2;;;/h6,9-17,19H,3-5,7-8H2,1-2H3;5-13H,1-4H3;1-2H3;2*1H;/q2*-1;;;;+4/p-2. The first-order chi connectivity index (χ1) is 24.0. The first-order valence-corrected chi connectivity index (χ1v) is 26.4. The fourth-order valence-corrected chi connectivity index (χ4v) is 7.01. The summed E-state index contributed by atoms with van der Waals surface area (Å²) < 4.78 is 0. The van der Waals surface area contributed by atoms with E-state index in [2.05, 4.69) is 164 Å². The zero-order valence-electron chi connectivity index (χ0n) is 31.3. The van der Waals surface area contributed by atoms with E-state index in [4.69, 9.17) is 17.0 Å². The van der Waals surface area contributed by atoms with Crippen molar-refractivity contribution in [3.8, 4) is 22.3 Å². The molecule has 6 aromatic rings. The minimum absolute atomic E-state index is 0.210. The van der Waals surface area contributed by atoms with E-state index in [1.54, 1.807) is 5.56 Å². The molecule has 0 N–H and O–H groups in total. The van der Waals surface area contributed by atoms with Gasteiger partial charge < -0.3 is 0 Å². The fourth-order valence-electron chi connectivity index (χ4n) is 7.01. The van der Waals surface area contributed by atoms with Crippen LogP contribution in [0, 0.1) is 6.92 Å². The molecule has 1 aliphatic carbocycles. The normalized spacial score (nSPS) is 13.1. The van der Waals surface area contributed by atoms with Crippen LogP contribution in [0.1, 0.15) is 101 Å². The summed E-state index contributed by atoms with van der Waals surface area (Å²) in [5.41, 5.74) is 11.3. The van der Waals surface area contributed by atoms with Crippen LogP contribution in [0.25, 0.3) is 43.8 Å². The molecule has 0 unspecified atom stereocenters. The van der Waals surface area contributed by atoms with E-state index < -0.39 is 20.8 Å². The van der Waals surface area contributed by atoms with Gasteiger partial charge >= 0.3 is 37.9 Å². The number of aryl methyl sites for hydroxylation is 1. The van der Waals surface area contributed by atoms with Gasteiger partial charge in [-0.2, -0.15) is 12.1 Å². The summed E-state index contributed by atoms with van der Waals surface area (Å²) in [4.78, 5) is 0. The van der Waals surface area contributed by atoms with Crippen molar-refractivity contribution in [2.24, 2.45) is 0 Å². The molecule has 2 radical (unpaired) electrons. The van der Waals surface area contributed by atoms with Crippen LogP contribution in [0.3, 0.4) is 0 Å². The zero-order valence-corrected chi connectivity index (χ0v) is 36.3. The molecule has 1 fully saturated rings. The predicted octanol–water partition coefficient (Wildman–Crippen LogP) is 15.4. The predicted molar refractivity (Wildman–Crippen MR) is 222 cm³/mol. The molecule has 0 saturated heterocycles. The molecule has 0 amide bonds. The average molecular weight is 797 g/mol. The van der Waals surface area contributed by atoms with Crippen molar-refractivity contribution in [2.45, 2.75) is 104 Å². The van der Waals surface area contributed by atoms with Crippen molar-refractivity contribution in [3.63, 3.8) is 0 Å². The van der Waals surface area contributed by atoms with E-state index >= 15 is 0 Å². The number of hydrogen-bond donors (Lipinski definition) is 0. The van der Waals surface area contributed by atoms with Gasteiger partial charge in [0.1, 0.15) is 0 Å². The van der Waals surface area contributed by atoms with E-state index in [1.165, 1.54) is 92.6 Å². The van der Waals surface area contributed by atoms with Crippen molar-refractivity contribution in [1.29, 1.82) is 0 Å². The molecule has 0 nitrogen and oxygen atoms in total. The third-order valence-electron chi connectivity index (χ3n) is 9.69. The summed E-state index contributed by atoms with van der Waals surface area (Å²) >= 11 is -0.826. The van der Waals surface area contributed by atoms with E-state index in [1.807, 2.05) is 0 Å². The SMILES string of the molecule is CC(C)c1ccc(-c2cccc3[cH-]c(C4CCCCC4)cc23)cc1.C[Si]C.Cc1cc2c(-c3ccc(C(C)(C)C)cc3)cccc2[cH-]1.[Cl][Zr+2][Cl]. The molecule has 0 heterocycles. The number of halogens is 2. The minimum atomic E-state index is -0.826. The van der Waals surface area contributed by atoms with Crippen molar-refractivity contribution < 1.29 is 20.8 Å². The van der Waals surface area contributed by atoms with Gasteiger partial charge in [-0.3, -0.25) is 0 Å². The van der Waals surface area contributed by atoms with Gasteiger partial charge in [0.25, 0.3) is 0 Å². The Balaban J connectivity index is 0.000000197. The maximum atomic E-state index is 4.93. The summed E-state index contributed by atoms with van der Waals surface area (Å²) in [5, 5.41) is 5.52. The molecule has 1 saturated carbocycles. The van der Waals surface area contributed by atoms with Gasteiger partial charge in [0.05, 0.1) is 0 Å². The second-order valence-corrected chi connectivity index (χ2v) is 19.7. The molecular weight excluding hydrogens is 743 g/mol. The summed E-state index contributed by atoms with van der Waals surface area (Å²) in [5.74, 6) is 1.37. The molecule has 50 heavy (non-hydrogen) atoms. The molecule has 0 aromatic heterocycles. The Labute approximate surface area is 324 Å². The second-order valence-electron chi connectivity index (χ2n) is 14.9. The third-order valence-corrected chi connectivity index (χ3v) is 9.69. The molecule has 0 aliphatic heterocycles. The van der Waals surface area contributed by atoms with Crippen LogP contribution in [0.15, 0.2) is 109 Å². The first kappa shape index (κ1) is 40.5. The summed E-state index contributed by atoms with van der Waals surface area (Å²) in [6.07, 6.45) is 6.96. The second kappa shape index (κ2) is 19.6. The van der Waals surface area contributed by atoms with E-state index in [9.17, 15) is 0 Å². The molecule has 0 atom stereocenters. The molecule has 7 rings (SSSR count). The Kier molecular flexibility index (Phi) is 15.9. The molecular formula is C46H54Cl2SiZr. The molecule has 0 bridgehead atoms. The van der Waals surface area contributed by atoms with Crippen molar-refractivity contribution in [2.75, 3.05) is 0 Å². The monoisotopic (exact) mass is 794 g/mol. The van der Waals surface area contributed by atoms with Gasteiger partial charge in [0, 0.05) is 9.52 Å². The van der Waals surface area contributed by atoms with Crippen molar-refractivity contribution in [1.82, 2.24) is 0 Å². The Morgan fingerprint density at radius 3 is 1.68 bits per heavy atom.